The number of benzene rings is 6. The lowest BCUT2D eigenvalue weighted by Gasteiger charge is -2.29. The van der Waals surface area contributed by atoms with Crippen LogP contribution in [0.2, 0.25) is 5.02 Å². The normalized spacial score (nSPS) is 12.7. The molecule has 1 aliphatic rings. The molecular weight excluding hydrogens is 808 g/mol. The number of nitrogens with one attached hydrogen (secondary N) is 1. The first-order chi connectivity index (χ1) is 29.7. The van der Waals surface area contributed by atoms with E-state index < -0.39 is 22.9 Å². The fourth-order valence-corrected chi connectivity index (χ4v) is 8.60. The lowest BCUT2D eigenvalue weighted by atomic mass is 9.92. The molecule has 308 valence electrons. The number of esters is 1. The van der Waals surface area contributed by atoms with Crippen LogP contribution in [0.3, 0.4) is 0 Å². The molecule has 8 rings (SSSR count). The van der Waals surface area contributed by atoms with Gasteiger partial charge in [0.05, 0.1) is 22.9 Å². The van der Waals surface area contributed by atoms with Crippen molar-refractivity contribution in [3.63, 3.8) is 0 Å². The third-order valence-electron chi connectivity index (χ3n) is 10.6. The molecule has 0 bridgehead atoms. The zero-order chi connectivity index (χ0) is 42.5. The molecule has 0 radical (unpaired) electrons. The van der Waals surface area contributed by atoms with Gasteiger partial charge in [-0.15, -0.1) is 0 Å². The number of hydrogen-bond donors (Lipinski definition) is 1. The Morgan fingerprint density at radius 1 is 0.803 bits per heavy atom. The predicted molar refractivity (Wildman–Crippen MR) is 238 cm³/mol. The van der Waals surface area contributed by atoms with Gasteiger partial charge in [0.1, 0.15) is 11.5 Å². The number of hydrogen-bond acceptors (Lipinski definition) is 7. The van der Waals surface area contributed by atoms with Gasteiger partial charge in [-0.05, 0) is 120 Å². The van der Waals surface area contributed by atoms with Gasteiger partial charge in [-0.1, -0.05) is 91.7 Å². The van der Waals surface area contributed by atoms with Crippen LogP contribution in [0, 0.1) is 0 Å². The van der Waals surface area contributed by atoms with Gasteiger partial charge in [0, 0.05) is 34.8 Å². The Morgan fingerprint density at radius 3 is 2.34 bits per heavy atom. The third kappa shape index (κ3) is 8.99. The highest BCUT2D eigenvalue weighted by Crippen LogP contribution is 2.37. The van der Waals surface area contributed by atoms with Crippen molar-refractivity contribution in [3.8, 4) is 28.3 Å². The maximum absolute atomic E-state index is 14.9. The number of halogens is 1. The fourth-order valence-electron chi connectivity index (χ4n) is 7.59. The summed E-state index contributed by atoms with van der Waals surface area (Å²) in [6.07, 6.45) is 2.77. The molecule has 7 aromatic rings. The van der Waals surface area contributed by atoms with E-state index in [0.717, 1.165) is 29.2 Å². The molecule has 6 aromatic carbocycles. The minimum Gasteiger partial charge on any atom is -0.461 e. The highest BCUT2D eigenvalue weighted by molar-refractivity contribution is 7.83. The van der Waals surface area contributed by atoms with E-state index in [4.69, 9.17) is 26.2 Å². The SMILES string of the molecule is CCCCc1c(-c2ccc(C(=O)NS(=O)c3ccc4ccccc4c3)cc2C(=O)N2CCc3ccccc3C2)c(C(=O)OCC)nn1-c1ccc(Oc2cccc(Cl)c2)cc1. The van der Waals surface area contributed by atoms with E-state index in [1.165, 1.54) is 11.6 Å². The Hall–Kier alpha value is -6.56. The average molecular weight is 851 g/mol. The van der Waals surface area contributed by atoms with Crippen LogP contribution < -0.4 is 9.46 Å². The predicted octanol–water partition coefficient (Wildman–Crippen LogP) is 10.3. The Kier molecular flexibility index (Phi) is 12.4. The molecule has 0 fully saturated rings. The van der Waals surface area contributed by atoms with Crippen LogP contribution in [-0.4, -0.2) is 49.8 Å². The summed E-state index contributed by atoms with van der Waals surface area (Å²) in [5.41, 5.74) is 4.82. The molecule has 61 heavy (non-hydrogen) atoms. The summed E-state index contributed by atoms with van der Waals surface area (Å²) in [4.78, 5) is 45.0. The van der Waals surface area contributed by atoms with Crippen molar-refractivity contribution < 1.29 is 28.1 Å². The van der Waals surface area contributed by atoms with E-state index in [2.05, 4.69) is 17.7 Å². The van der Waals surface area contributed by atoms with Gasteiger partial charge in [0.2, 0.25) is 0 Å². The van der Waals surface area contributed by atoms with E-state index in [9.17, 15) is 18.6 Å². The van der Waals surface area contributed by atoms with E-state index in [0.29, 0.717) is 69.9 Å². The van der Waals surface area contributed by atoms with E-state index in [1.54, 1.807) is 52.9 Å². The van der Waals surface area contributed by atoms with Crippen molar-refractivity contribution in [2.75, 3.05) is 13.2 Å². The second-order valence-electron chi connectivity index (χ2n) is 14.7. The summed E-state index contributed by atoms with van der Waals surface area (Å²) in [5.74, 6) is -0.426. The van der Waals surface area contributed by atoms with E-state index in [1.807, 2.05) is 84.9 Å². The van der Waals surface area contributed by atoms with Crippen molar-refractivity contribution in [1.82, 2.24) is 19.4 Å². The third-order valence-corrected chi connectivity index (χ3v) is 11.9. The molecular formula is C49H43ClN4O6S. The highest BCUT2D eigenvalue weighted by atomic mass is 35.5. The molecule has 0 spiro atoms. The molecule has 1 aliphatic heterocycles. The number of rotatable bonds is 13. The lowest BCUT2D eigenvalue weighted by molar-refractivity contribution is 0.0519. The van der Waals surface area contributed by atoms with E-state index in [-0.39, 0.29) is 29.3 Å². The van der Waals surface area contributed by atoms with Gasteiger partial charge in [-0.25, -0.2) is 13.7 Å². The van der Waals surface area contributed by atoms with Gasteiger partial charge in [0.25, 0.3) is 11.8 Å². The molecule has 0 saturated carbocycles. The number of unbranched alkanes of at least 4 members (excludes halogenated alkanes) is 1. The fraction of sp³-hybridized carbons (Fsp3) is 0.184. The average Bonchev–Trinajstić information content (AvgIpc) is 3.67. The topological polar surface area (TPSA) is 120 Å². The number of carbonyl (C=O) groups excluding carboxylic acids is 3. The standard InChI is InChI=1S/C49H43ClN4O6S/c1-3-5-17-44-45(46(49(57)59-4-2)51-54(44)38-20-22-39(23-21-38)60-40-16-10-15-37(50)30-40)42-25-19-35(29-43(42)48(56)53-27-26-33-12-7-9-14-36(33)31-53)47(55)52-61(58)41-24-18-32-11-6-8-13-34(32)28-41/h6-16,18-25,28-30H,3-5,17,26-27,31H2,1-2H3,(H,52,55). The summed E-state index contributed by atoms with van der Waals surface area (Å²) in [6.45, 7) is 4.73. The molecule has 0 aliphatic carbocycles. The first-order valence-electron chi connectivity index (χ1n) is 20.3. The Balaban J connectivity index is 1.22. The van der Waals surface area contributed by atoms with Crippen LogP contribution in [-0.2, 0) is 35.1 Å². The Bertz CT molecular complexity index is 2800. The summed E-state index contributed by atoms with van der Waals surface area (Å²) in [5, 5.41) is 7.32. The molecule has 1 aromatic heterocycles. The number of amides is 2. The maximum Gasteiger partial charge on any atom is 0.359 e. The van der Waals surface area contributed by atoms with Gasteiger partial charge in [0.15, 0.2) is 16.7 Å². The summed E-state index contributed by atoms with van der Waals surface area (Å²) < 4.78 is 29.5. The molecule has 2 heterocycles. The number of nitrogens with zero attached hydrogens (tertiary/aromatic N) is 3. The van der Waals surface area contributed by atoms with Crippen molar-refractivity contribution in [2.45, 2.75) is 51.0 Å². The molecule has 0 saturated heterocycles. The molecule has 2 amide bonds. The van der Waals surface area contributed by atoms with Gasteiger partial charge < -0.3 is 14.4 Å². The van der Waals surface area contributed by atoms with Crippen molar-refractivity contribution in [1.29, 1.82) is 0 Å². The highest BCUT2D eigenvalue weighted by Gasteiger charge is 2.32. The minimum absolute atomic E-state index is 0.0415. The molecule has 10 nitrogen and oxygen atoms in total. The quantitative estimate of drug-likeness (QED) is 0.115. The number of carbonyl (C=O) groups is 3. The smallest absolute Gasteiger partial charge is 0.359 e. The summed E-state index contributed by atoms with van der Waals surface area (Å²) >= 11 is 6.18. The van der Waals surface area contributed by atoms with Crippen LogP contribution in [0.15, 0.2) is 138 Å². The minimum atomic E-state index is -1.89. The molecule has 1 atom stereocenters. The first-order valence-corrected chi connectivity index (χ1v) is 21.8. The zero-order valence-electron chi connectivity index (χ0n) is 33.7. The van der Waals surface area contributed by atoms with Crippen molar-refractivity contribution in [2.24, 2.45) is 0 Å². The summed E-state index contributed by atoms with van der Waals surface area (Å²) in [7, 11) is -1.89. The zero-order valence-corrected chi connectivity index (χ0v) is 35.3. The van der Waals surface area contributed by atoms with Crippen LogP contribution in [0.4, 0.5) is 0 Å². The van der Waals surface area contributed by atoms with Crippen LogP contribution in [0.1, 0.15) is 74.7 Å². The van der Waals surface area contributed by atoms with Crippen molar-refractivity contribution >= 4 is 51.1 Å². The van der Waals surface area contributed by atoms with Crippen LogP contribution in [0.5, 0.6) is 11.5 Å². The van der Waals surface area contributed by atoms with Gasteiger partial charge in [-0.3, -0.25) is 14.3 Å². The molecule has 12 heteroatoms. The first kappa shape index (κ1) is 41.2. The van der Waals surface area contributed by atoms with Crippen molar-refractivity contribution in [3.05, 3.63) is 172 Å². The molecule has 1 unspecified atom stereocenters. The number of aromatic nitrogens is 2. The van der Waals surface area contributed by atoms with Crippen LogP contribution >= 0.6 is 11.6 Å². The van der Waals surface area contributed by atoms with Gasteiger partial charge >= 0.3 is 5.97 Å². The summed E-state index contributed by atoms with van der Waals surface area (Å²) in [6, 6.07) is 40.3. The lowest BCUT2D eigenvalue weighted by Crippen LogP contribution is -2.36. The van der Waals surface area contributed by atoms with Crippen LogP contribution in [0.25, 0.3) is 27.6 Å². The molecule has 1 N–H and O–H groups in total. The number of ether oxygens (including phenoxy) is 2. The Morgan fingerprint density at radius 2 is 1.57 bits per heavy atom. The van der Waals surface area contributed by atoms with Gasteiger partial charge in [-0.2, -0.15) is 5.10 Å². The van der Waals surface area contributed by atoms with E-state index >= 15 is 0 Å². The maximum atomic E-state index is 14.9. The second kappa shape index (κ2) is 18.4. The largest absolute Gasteiger partial charge is 0.461 e. The Labute approximate surface area is 361 Å². The second-order valence-corrected chi connectivity index (χ2v) is 16.3. The number of fused-ring (bicyclic) bond motifs is 2. The monoisotopic (exact) mass is 850 g/mol.